The van der Waals surface area contributed by atoms with Crippen LogP contribution in [-0.4, -0.2) is 23.5 Å². The Labute approximate surface area is 115 Å². The van der Waals surface area contributed by atoms with Gasteiger partial charge in [-0.2, -0.15) is 0 Å². The summed E-state index contributed by atoms with van der Waals surface area (Å²) in [5, 5.41) is 13.1. The molecule has 0 aliphatic heterocycles. The first kappa shape index (κ1) is 15.0. The van der Waals surface area contributed by atoms with Crippen molar-refractivity contribution in [2.45, 2.75) is 13.0 Å². The van der Waals surface area contributed by atoms with Crippen molar-refractivity contribution in [1.82, 2.24) is 5.32 Å². The molecule has 102 valence electrons. The number of ether oxygens (including phenoxy) is 1. The summed E-state index contributed by atoms with van der Waals surface area (Å²) in [5.74, 6) is -0.0220. The van der Waals surface area contributed by atoms with E-state index in [0.29, 0.717) is 6.54 Å². The predicted octanol–water partition coefficient (Wildman–Crippen LogP) is 2.32. The molecule has 0 spiro atoms. The zero-order chi connectivity index (χ0) is 14.4. The van der Waals surface area contributed by atoms with Crippen LogP contribution in [0.3, 0.4) is 0 Å². The first-order chi connectivity index (χ1) is 8.95. The van der Waals surface area contributed by atoms with E-state index in [-0.39, 0.29) is 22.4 Å². The molecular weight excluding hydrogens is 272 g/mol. The number of nitrogens with one attached hydrogen (secondary N) is 1. The zero-order valence-corrected chi connectivity index (χ0v) is 11.0. The van der Waals surface area contributed by atoms with Crippen LogP contribution in [0.2, 0.25) is 5.02 Å². The van der Waals surface area contributed by atoms with Gasteiger partial charge in [-0.15, -0.1) is 6.58 Å². The second-order valence-corrected chi connectivity index (χ2v) is 4.07. The van der Waals surface area contributed by atoms with Crippen LogP contribution in [0.4, 0.5) is 5.69 Å². The van der Waals surface area contributed by atoms with Crippen molar-refractivity contribution in [3.63, 3.8) is 0 Å². The van der Waals surface area contributed by atoms with Crippen molar-refractivity contribution in [2.75, 3.05) is 6.54 Å². The van der Waals surface area contributed by atoms with E-state index in [1.165, 1.54) is 18.2 Å². The lowest BCUT2D eigenvalue weighted by atomic mass is 10.3. The van der Waals surface area contributed by atoms with Crippen molar-refractivity contribution >= 4 is 23.2 Å². The Hall–Kier alpha value is -2.08. The minimum absolute atomic E-state index is 0.0406. The van der Waals surface area contributed by atoms with Gasteiger partial charge in [0.05, 0.1) is 4.92 Å². The third-order valence-electron chi connectivity index (χ3n) is 2.22. The summed E-state index contributed by atoms with van der Waals surface area (Å²) in [6.45, 7) is 5.38. The Morgan fingerprint density at radius 2 is 2.37 bits per heavy atom. The highest BCUT2D eigenvalue weighted by atomic mass is 35.5. The standard InChI is InChI=1S/C12H13ClN2O4/c1-3-6-14-12(16)8(2)19-9-4-5-11(15(17)18)10(13)7-9/h3-5,7-8H,1,6H2,2H3,(H,14,16). The van der Waals surface area contributed by atoms with Crippen LogP contribution in [-0.2, 0) is 4.79 Å². The predicted molar refractivity (Wildman–Crippen MR) is 71.4 cm³/mol. The Bertz CT molecular complexity index is 505. The molecule has 1 aromatic rings. The van der Waals surface area contributed by atoms with Gasteiger partial charge >= 0.3 is 0 Å². The largest absolute Gasteiger partial charge is 0.481 e. The van der Waals surface area contributed by atoms with Crippen LogP contribution in [0.1, 0.15) is 6.92 Å². The molecule has 1 aromatic carbocycles. The summed E-state index contributed by atoms with van der Waals surface area (Å²) in [5.41, 5.74) is -0.210. The minimum atomic E-state index is -0.738. The lowest BCUT2D eigenvalue weighted by molar-refractivity contribution is -0.384. The fourth-order valence-electron chi connectivity index (χ4n) is 1.28. The van der Waals surface area contributed by atoms with Crippen molar-refractivity contribution in [1.29, 1.82) is 0 Å². The highest BCUT2D eigenvalue weighted by molar-refractivity contribution is 6.32. The molecule has 0 saturated heterocycles. The molecule has 1 rings (SSSR count). The van der Waals surface area contributed by atoms with Crippen LogP contribution in [0, 0.1) is 10.1 Å². The maximum absolute atomic E-state index is 11.5. The summed E-state index contributed by atoms with van der Waals surface area (Å²) >= 11 is 5.74. The van der Waals surface area contributed by atoms with Gasteiger partial charge in [0, 0.05) is 18.7 Å². The summed E-state index contributed by atoms with van der Waals surface area (Å²) in [6.07, 6.45) is 0.811. The molecule has 0 aliphatic carbocycles. The van der Waals surface area contributed by atoms with E-state index in [2.05, 4.69) is 11.9 Å². The molecule has 7 heteroatoms. The molecule has 1 unspecified atom stereocenters. The van der Waals surface area contributed by atoms with Crippen molar-refractivity contribution in [3.8, 4) is 5.75 Å². The monoisotopic (exact) mass is 284 g/mol. The van der Waals surface area contributed by atoms with Crippen molar-refractivity contribution in [2.24, 2.45) is 0 Å². The first-order valence-electron chi connectivity index (χ1n) is 5.45. The third-order valence-corrected chi connectivity index (χ3v) is 2.52. The van der Waals surface area contributed by atoms with E-state index < -0.39 is 11.0 Å². The molecule has 1 N–H and O–H groups in total. The number of rotatable bonds is 6. The number of halogens is 1. The molecule has 0 saturated carbocycles. The van der Waals surface area contributed by atoms with E-state index in [1.807, 2.05) is 0 Å². The average Bonchev–Trinajstić information content (AvgIpc) is 2.35. The zero-order valence-electron chi connectivity index (χ0n) is 10.3. The van der Waals surface area contributed by atoms with Gasteiger partial charge in [-0.25, -0.2) is 0 Å². The number of carbonyl (C=O) groups excluding carboxylic acids is 1. The fraction of sp³-hybridized carbons (Fsp3) is 0.250. The molecule has 0 aromatic heterocycles. The summed E-state index contributed by atoms with van der Waals surface area (Å²) < 4.78 is 5.34. The molecule has 0 aliphatic rings. The number of amides is 1. The molecule has 6 nitrogen and oxygen atoms in total. The van der Waals surface area contributed by atoms with E-state index >= 15 is 0 Å². The minimum Gasteiger partial charge on any atom is -0.481 e. The second kappa shape index (κ2) is 6.75. The highest BCUT2D eigenvalue weighted by Gasteiger charge is 2.17. The maximum atomic E-state index is 11.5. The van der Waals surface area contributed by atoms with Gasteiger partial charge in [-0.05, 0) is 13.0 Å². The van der Waals surface area contributed by atoms with Gasteiger partial charge in [0.1, 0.15) is 10.8 Å². The molecule has 0 heterocycles. The molecule has 0 bridgehead atoms. The van der Waals surface area contributed by atoms with E-state index in [9.17, 15) is 14.9 Å². The van der Waals surface area contributed by atoms with Gasteiger partial charge in [0.2, 0.25) is 0 Å². The van der Waals surface area contributed by atoms with Crippen LogP contribution in [0.25, 0.3) is 0 Å². The molecule has 0 fully saturated rings. The maximum Gasteiger partial charge on any atom is 0.288 e. The van der Waals surface area contributed by atoms with Gasteiger partial charge < -0.3 is 10.1 Å². The van der Waals surface area contributed by atoms with Gasteiger partial charge in [0.25, 0.3) is 11.6 Å². The highest BCUT2D eigenvalue weighted by Crippen LogP contribution is 2.28. The quantitative estimate of drug-likeness (QED) is 0.494. The van der Waals surface area contributed by atoms with Crippen LogP contribution >= 0.6 is 11.6 Å². The van der Waals surface area contributed by atoms with Gasteiger partial charge in [0.15, 0.2) is 6.10 Å². The lowest BCUT2D eigenvalue weighted by Crippen LogP contribution is -2.36. The summed E-state index contributed by atoms with van der Waals surface area (Å²) in [4.78, 5) is 21.5. The smallest absolute Gasteiger partial charge is 0.288 e. The number of hydrogen-bond acceptors (Lipinski definition) is 4. The van der Waals surface area contributed by atoms with Crippen molar-refractivity contribution < 1.29 is 14.5 Å². The molecule has 19 heavy (non-hydrogen) atoms. The Morgan fingerprint density at radius 1 is 1.68 bits per heavy atom. The number of hydrogen-bond donors (Lipinski definition) is 1. The van der Waals surface area contributed by atoms with E-state index in [1.54, 1.807) is 13.0 Å². The number of nitrogens with zero attached hydrogens (tertiary/aromatic N) is 1. The van der Waals surface area contributed by atoms with Gasteiger partial charge in [-0.1, -0.05) is 17.7 Å². The second-order valence-electron chi connectivity index (χ2n) is 3.66. The number of nitro benzene ring substituents is 1. The van der Waals surface area contributed by atoms with Crippen LogP contribution < -0.4 is 10.1 Å². The fourth-order valence-corrected chi connectivity index (χ4v) is 1.52. The van der Waals surface area contributed by atoms with Crippen molar-refractivity contribution in [3.05, 3.63) is 46.0 Å². The van der Waals surface area contributed by atoms with Crippen LogP contribution in [0.15, 0.2) is 30.9 Å². The number of benzene rings is 1. The normalized spacial score (nSPS) is 11.5. The molecule has 1 amide bonds. The Balaban J connectivity index is 2.72. The lowest BCUT2D eigenvalue weighted by Gasteiger charge is -2.14. The Morgan fingerprint density at radius 3 is 2.89 bits per heavy atom. The number of carbonyl (C=O) groups is 1. The molecular formula is C12H13ClN2O4. The molecule has 0 radical (unpaired) electrons. The van der Waals surface area contributed by atoms with Gasteiger partial charge in [-0.3, -0.25) is 14.9 Å². The third kappa shape index (κ3) is 4.26. The Kier molecular flexibility index (Phi) is 5.32. The summed E-state index contributed by atoms with van der Waals surface area (Å²) in [7, 11) is 0. The average molecular weight is 285 g/mol. The molecule has 1 atom stereocenters. The topological polar surface area (TPSA) is 81.5 Å². The van der Waals surface area contributed by atoms with Crippen LogP contribution in [0.5, 0.6) is 5.75 Å². The SMILES string of the molecule is C=CCNC(=O)C(C)Oc1ccc([N+](=O)[O-])c(Cl)c1. The van der Waals surface area contributed by atoms with E-state index in [0.717, 1.165) is 0 Å². The van der Waals surface area contributed by atoms with E-state index in [4.69, 9.17) is 16.3 Å². The number of nitro groups is 1. The first-order valence-corrected chi connectivity index (χ1v) is 5.82. The summed E-state index contributed by atoms with van der Waals surface area (Å²) in [6, 6.07) is 3.92.